The average molecular weight is 324 g/mol. The summed E-state index contributed by atoms with van der Waals surface area (Å²) >= 11 is 0. The molecule has 0 fully saturated rings. The van der Waals surface area contributed by atoms with Gasteiger partial charge in [0.15, 0.2) is 0 Å². The Balaban J connectivity index is 1.67. The Morgan fingerprint density at radius 1 is 1.21 bits per heavy atom. The molecule has 2 aromatic heterocycles. The fraction of sp³-hybridized carbons (Fsp3) is 0.278. The maximum Gasteiger partial charge on any atom is 0.274 e. The number of aromatic nitrogens is 3. The summed E-state index contributed by atoms with van der Waals surface area (Å²) in [5, 5.41) is 6.93. The summed E-state index contributed by atoms with van der Waals surface area (Å²) in [5.41, 5.74) is 3.62. The molecule has 1 aromatic carbocycles. The number of carbonyl (C=O) groups excluding carboxylic acids is 1. The highest BCUT2D eigenvalue weighted by Crippen LogP contribution is 2.07. The summed E-state index contributed by atoms with van der Waals surface area (Å²) in [7, 11) is 0. The van der Waals surface area contributed by atoms with Gasteiger partial charge in [-0.15, -0.1) is 0 Å². The lowest BCUT2D eigenvalue weighted by Crippen LogP contribution is -2.31. The van der Waals surface area contributed by atoms with Crippen LogP contribution in [0.1, 0.15) is 16.8 Å². The van der Waals surface area contributed by atoms with Crippen LogP contribution in [0.3, 0.4) is 0 Å². The maximum atomic E-state index is 12.3. The highest BCUT2D eigenvalue weighted by atomic mass is 16.2. The van der Waals surface area contributed by atoms with Crippen LogP contribution in [0.5, 0.6) is 0 Å². The van der Waals surface area contributed by atoms with E-state index in [4.69, 9.17) is 0 Å². The van der Waals surface area contributed by atoms with Gasteiger partial charge < -0.3 is 9.88 Å². The molecule has 1 amide bonds. The van der Waals surface area contributed by atoms with Crippen LogP contribution >= 0.6 is 0 Å². The van der Waals surface area contributed by atoms with Crippen molar-refractivity contribution in [3.05, 3.63) is 69.8 Å². The smallest absolute Gasteiger partial charge is 0.274 e. The molecule has 0 saturated carbocycles. The molecule has 0 bridgehead atoms. The first kappa shape index (κ1) is 16.0. The predicted octanol–water partition coefficient (Wildman–Crippen LogP) is 1.47. The summed E-state index contributed by atoms with van der Waals surface area (Å²) in [4.78, 5) is 24.1. The van der Waals surface area contributed by atoms with Crippen molar-refractivity contribution in [2.75, 3.05) is 6.54 Å². The zero-order valence-electron chi connectivity index (χ0n) is 13.8. The van der Waals surface area contributed by atoms with Gasteiger partial charge in [-0.05, 0) is 31.4 Å². The molecule has 3 rings (SSSR count). The first-order valence-corrected chi connectivity index (χ1v) is 7.91. The van der Waals surface area contributed by atoms with E-state index in [1.165, 1.54) is 21.7 Å². The number of rotatable bonds is 5. The van der Waals surface area contributed by atoms with E-state index in [1.54, 1.807) is 16.8 Å². The summed E-state index contributed by atoms with van der Waals surface area (Å²) in [6.45, 7) is 4.62. The Hall–Kier alpha value is -2.89. The minimum atomic E-state index is -0.191. The SMILES string of the molecule is Cc1ccccc1CCNC(=O)Cn1c(C)cc(=O)n2nccc12. The molecule has 0 aliphatic heterocycles. The second-order valence-electron chi connectivity index (χ2n) is 5.84. The fourth-order valence-electron chi connectivity index (χ4n) is 2.80. The molecule has 0 aliphatic rings. The first-order chi connectivity index (χ1) is 11.6. The Kier molecular flexibility index (Phi) is 4.46. The summed E-state index contributed by atoms with van der Waals surface area (Å²) < 4.78 is 3.09. The third kappa shape index (κ3) is 3.22. The van der Waals surface area contributed by atoms with Crippen LogP contribution in [0.2, 0.25) is 0 Å². The van der Waals surface area contributed by atoms with Crippen LogP contribution in [0, 0.1) is 13.8 Å². The largest absolute Gasteiger partial charge is 0.354 e. The third-order valence-electron chi connectivity index (χ3n) is 4.15. The summed E-state index contributed by atoms with van der Waals surface area (Å²) in [6.07, 6.45) is 2.35. The number of nitrogens with zero attached hydrogens (tertiary/aromatic N) is 3. The molecular formula is C18H20N4O2. The van der Waals surface area contributed by atoms with Crippen LogP contribution < -0.4 is 10.9 Å². The zero-order chi connectivity index (χ0) is 17.1. The van der Waals surface area contributed by atoms with Crippen LogP contribution in [0.4, 0.5) is 0 Å². The van der Waals surface area contributed by atoms with Crippen molar-refractivity contribution in [2.24, 2.45) is 0 Å². The van der Waals surface area contributed by atoms with Gasteiger partial charge in [-0.25, -0.2) is 0 Å². The van der Waals surface area contributed by atoms with Gasteiger partial charge in [-0.2, -0.15) is 9.61 Å². The average Bonchev–Trinajstić information content (AvgIpc) is 3.03. The van der Waals surface area contributed by atoms with Gasteiger partial charge in [0.2, 0.25) is 5.91 Å². The van der Waals surface area contributed by atoms with Crippen molar-refractivity contribution >= 4 is 11.6 Å². The van der Waals surface area contributed by atoms with Gasteiger partial charge in [-0.1, -0.05) is 24.3 Å². The number of hydrogen-bond acceptors (Lipinski definition) is 3. The van der Waals surface area contributed by atoms with Crippen LogP contribution in [0.15, 0.2) is 47.4 Å². The lowest BCUT2D eigenvalue weighted by Gasteiger charge is -2.13. The molecule has 124 valence electrons. The van der Waals surface area contributed by atoms with Crippen molar-refractivity contribution in [3.63, 3.8) is 0 Å². The van der Waals surface area contributed by atoms with Gasteiger partial charge in [-0.3, -0.25) is 9.59 Å². The minimum Gasteiger partial charge on any atom is -0.354 e. The number of nitrogens with one attached hydrogen (secondary N) is 1. The molecule has 6 heteroatoms. The van der Waals surface area contributed by atoms with E-state index in [0.29, 0.717) is 12.2 Å². The van der Waals surface area contributed by atoms with Crippen molar-refractivity contribution < 1.29 is 4.79 Å². The normalized spacial score (nSPS) is 10.9. The Morgan fingerprint density at radius 3 is 2.79 bits per heavy atom. The standard InChI is InChI=1S/C18H20N4O2/c1-13-5-3-4-6-15(13)7-9-19-16(23)12-21-14(2)11-18(24)22-17(21)8-10-20-22/h3-6,8,10-11H,7,9,12H2,1-2H3,(H,19,23). The number of aryl methyl sites for hydroxylation is 2. The van der Waals surface area contributed by atoms with Crippen molar-refractivity contribution in [1.29, 1.82) is 0 Å². The lowest BCUT2D eigenvalue weighted by molar-refractivity contribution is -0.121. The molecule has 0 aliphatic carbocycles. The molecule has 1 N–H and O–H groups in total. The first-order valence-electron chi connectivity index (χ1n) is 7.91. The molecular weight excluding hydrogens is 304 g/mol. The van der Waals surface area contributed by atoms with E-state index in [1.807, 2.05) is 19.1 Å². The Morgan fingerprint density at radius 2 is 2.00 bits per heavy atom. The summed E-state index contributed by atoms with van der Waals surface area (Å²) in [6, 6.07) is 11.4. The van der Waals surface area contributed by atoms with Crippen LogP contribution in [0.25, 0.3) is 5.65 Å². The maximum absolute atomic E-state index is 12.3. The molecule has 6 nitrogen and oxygen atoms in total. The molecule has 24 heavy (non-hydrogen) atoms. The molecule has 0 spiro atoms. The molecule has 0 saturated heterocycles. The predicted molar refractivity (Wildman–Crippen MR) is 92.1 cm³/mol. The quantitative estimate of drug-likeness (QED) is 0.773. The minimum absolute atomic E-state index is 0.0848. The second-order valence-corrected chi connectivity index (χ2v) is 5.84. The molecule has 2 heterocycles. The fourth-order valence-corrected chi connectivity index (χ4v) is 2.80. The van der Waals surface area contributed by atoms with Gasteiger partial charge in [0.1, 0.15) is 12.2 Å². The highest BCUT2D eigenvalue weighted by Gasteiger charge is 2.10. The van der Waals surface area contributed by atoms with Gasteiger partial charge in [0.25, 0.3) is 5.56 Å². The van der Waals surface area contributed by atoms with E-state index in [0.717, 1.165) is 12.1 Å². The number of benzene rings is 1. The van der Waals surface area contributed by atoms with Gasteiger partial charge in [0, 0.05) is 24.4 Å². The topological polar surface area (TPSA) is 68.4 Å². The molecule has 3 aromatic rings. The number of hydrogen-bond donors (Lipinski definition) is 1. The van der Waals surface area contributed by atoms with Gasteiger partial charge in [0.05, 0.1) is 6.20 Å². The van der Waals surface area contributed by atoms with E-state index in [-0.39, 0.29) is 18.0 Å². The van der Waals surface area contributed by atoms with Gasteiger partial charge >= 0.3 is 0 Å². The number of amides is 1. The number of carbonyl (C=O) groups is 1. The molecule has 0 unspecified atom stereocenters. The van der Waals surface area contributed by atoms with Crippen LogP contribution in [-0.2, 0) is 17.8 Å². The molecule has 0 atom stereocenters. The summed E-state index contributed by atoms with van der Waals surface area (Å²) in [5.74, 6) is -0.0848. The van der Waals surface area contributed by atoms with E-state index >= 15 is 0 Å². The second kappa shape index (κ2) is 6.70. The van der Waals surface area contributed by atoms with Crippen molar-refractivity contribution in [2.45, 2.75) is 26.8 Å². The third-order valence-corrected chi connectivity index (χ3v) is 4.15. The number of fused-ring (bicyclic) bond motifs is 1. The monoisotopic (exact) mass is 324 g/mol. The van der Waals surface area contributed by atoms with Crippen molar-refractivity contribution in [1.82, 2.24) is 19.5 Å². The Bertz CT molecular complexity index is 940. The zero-order valence-corrected chi connectivity index (χ0v) is 13.8. The highest BCUT2D eigenvalue weighted by molar-refractivity contribution is 5.76. The Labute approximate surface area is 139 Å². The van der Waals surface area contributed by atoms with E-state index in [2.05, 4.69) is 29.5 Å². The van der Waals surface area contributed by atoms with E-state index in [9.17, 15) is 9.59 Å². The molecule has 0 radical (unpaired) electrons. The van der Waals surface area contributed by atoms with E-state index < -0.39 is 0 Å². The van der Waals surface area contributed by atoms with Crippen LogP contribution in [-0.4, -0.2) is 26.6 Å². The van der Waals surface area contributed by atoms with Crippen molar-refractivity contribution in [3.8, 4) is 0 Å². The lowest BCUT2D eigenvalue weighted by atomic mass is 10.1.